The third-order valence-corrected chi connectivity index (χ3v) is 3.48. The van der Waals surface area contributed by atoms with Crippen molar-refractivity contribution in [2.75, 3.05) is 13.6 Å². The fourth-order valence-electron chi connectivity index (χ4n) is 2.68. The van der Waals surface area contributed by atoms with E-state index in [2.05, 4.69) is 49.1 Å². The van der Waals surface area contributed by atoms with E-state index in [9.17, 15) is 0 Å². The summed E-state index contributed by atoms with van der Waals surface area (Å²) in [5.41, 5.74) is 2.97. The van der Waals surface area contributed by atoms with Crippen molar-refractivity contribution in [3.8, 4) is 12.3 Å². The maximum absolute atomic E-state index is 5.40. The molecule has 0 bridgehead atoms. The predicted octanol–water partition coefficient (Wildman–Crippen LogP) is 2.88. The first-order chi connectivity index (χ1) is 7.72. The van der Waals surface area contributed by atoms with Crippen LogP contribution < -0.4 is 0 Å². The van der Waals surface area contributed by atoms with Gasteiger partial charge in [-0.25, -0.2) is 0 Å². The van der Waals surface area contributed by atoms with Gasteiger partial charge in [0, 0.05) is 6.04 Å². The average Bonchev–Trinajstić information content (AvgIpc) is 2.28. The minimum atomic E-state index is 0.496. The summed E-state index contributed by atoms with van der Waals surface area (Å²) in [5.74, 6) is 3.49. The molecule has 1 aliphatic carbocycles. The topological polar surface area (TPSA) is 3.24 Å². The summed E-state index contributed by atoms with van der Waals surface area (Å²) in [6.07, 6.45) is 7.82. The normalized spacial score (nSPS) is 23.9. The molecule has 0 aliphatic heterocycles. The standard InChI is InChI=1S/C15H19N/c1-4-9-16(3)15-11-12(2)10-13-7-5-6-8-14(13)15/h1,5-8,12,15H,9-11H2,2-3H3. The minimum Gasteiger partial charge on any atom is -0.288 e. The molecule has 0 fully saturated rings. The third-order valence-electron chi connectivity index (χ3n) is 3.48. The number of hydrogen-bond donors (Lipinski definition) is 0. The van der Waals surface area contributed by atoms with Crippen LogP contribution in [0, 0.1) is 18.3 Å². The second kappa shape index (κ2) is 4.72. The number of hydrogen-bond acceptors (Lipinski definition) is 1. The summed E-state index contributed by atoms with van der Waals surface area (Å²) >= 11 is 0. The zero-order chi connectivity index (χ0) is 11.5. The van der Waals surface area contributed by atoms with Crippen LogP contribution in [0.15, 0.2) is 24.3 Å². The monoisotopic (exact) mass is 213 g/mol. The second-order valence-corrected chi connectivity index (χ2v) is 4.88. The van der Waals surface area contributed by atoms with Gasteiger partial charge in [-0.1, -0.05) is 37.1 Å². The van der Waals surface area contributed by atoms with E-state index in [1.807, 2.05) is 0 Å². The van der Waals surface area contributed by atoms with Crippen LogP contribution in [0.4, 0.5) is 0 Å². The molecule has 0 amide bonds. The van der Waals surface area contributed by atoms with E-state index in [-0.39, 0.29) is 0 Å². The lowest BCUT2D eigenvalue weighted by atomic mass is 9.81. The molecule has 2 unspecified atom stereocenters. The Labute approximate surface area is 98.5 Å². The van der Waals surface area contributed by atoms with E-state index in [1.165, 1.54) is 24.0 Å². The van der Waals surface area contributed by atoms with Crippen LogP contribution >= 0.6 is 0 Å². The molecular weight excluding hydrogens is 194 g/mol. The third kappa shape index (κ3) is 2.13. The fourth-order valence-corrected chi connectivity index (χ4v) is 2.68. The van der Waals surface area contributed by atoms with E-state index >= 15 is 0 Å². The molecule has 0 radical (unpaired) electrons. The molecule has 0 saturated heterocycles. The van der Waals surface area contributed by atoms with Gasteiger partial charge >= 0.3 is 0 Å². The zero-order valence-electron chi connectivity index (χ0n) is 10.1. The molecule has 0 spiro atoms. The lowest BCUT2D eigenvalue weighted by Gasteiger charge is -2.35. The lowest BCUT2D eigenvalue weighted by Crippen LogP contribution is -2.30. The number of rotatable bonds is 2. The van der Waals surface area contributed by atoms with Crippen LogP contribution in [0.5, 0.6) is 0 Å². The molecule has 1 heteroatoms. The Morgan fingerprint density at radius 3 is 2.94 bits per heavy atom. The number of terminal acetylenes is 1. The molecule has 0 heterocycles. The molecule has 1 nitrogen and oxygen atoms in total. The van der Waals surface area contributed by atoms with Crippen LogP contribution in [-0.4, -0.2) is 18.5 Å². The summed E-state index contributed by atoms with van der Waals surface area (Å²) in [7, 11) is 2.12. The highest BCUT2D eigenvalue weighted by Crippen LogP contribution is 2.35. The highest BCUT2D eigenvalue weighted by Gasteiger charge is 2.26. The number of nitrogens with zero attached hydrogens (tertiary/aromatic N) is 1. The molecular formula is C15H19N. The first-order valence-corrected chi connectivity index (χ1v) is 5.94. The Bertz CT molecular complexity index is 402. The molecule has 2 rings (SSSR count). The van der Waals surface area contributed by atoms with Crippen LogP contribution in [0.25, 0.3) is 0 Å². The van der Waals surface area contributed by atoms with Gasteiger partial charge in [0.25, 0.3) is 0 Å². The van der Waals surface area contributed by atoms with Gasteiger partial charge in [-0.05, 0) is 36.9 Å². The van der Waals surface area contributed by atoms with Crippen LogP contribution in [-0.2, 0) is 6.42 Å². The van der Waals surface area contributed by atoms with Gasteiger partial charge in [-0.3, -0.25) is 4.90 Å². The van der Waals surface area contributed by atoms with E-state index < -0.39 is 0 Å². The Morgan fingerprint density at radius 1 is 1.44 bits per heavy atom. The van der Waals surface area contributed by atoms with Crippen molar-refractivity contribution in [2.45, 2.75) is 25.8 Å². The molecule has 0 aromatic heterocycles. The average molecular weight is 213 g/mol. The molecule has 84 valence electrons. The Morgan fingerprint density at radius 2 is 2.19 bits per heavy atom. The number of benzene rings is 1. The molecule has 0 N–H and O–H groups in total. The summed E-state index contributed by atoms with van der Waals surface area (Å²) < 4.78 is 0. The van der Waals surface area contributed by atoms with E-state index in [1.54, 1.807) is 0 Å². The van der Waals surface area contributed by atoms with E-state index in [4.69, 9.17) is 6.42 Å². The quantitative estimate of drug-likeness (QED) is 0.683. The van der Waals surface area contributed by atoms with Crippen LogP contribution in [0.2, 0.25) is 0 Å². The highest BCUT2D eigenvalue weighted by molar-refractivity contribution is 5.32. The van der Waals surface area contributed by atoms with Gasteiger partial charge in [0.2, 0.25) is 0 Å². The van der Waals surface area contributed by atoms with Crippen molar-refractivity contribution in [2.24, 2.45) is 5.92 Å². The van der Waals surface area contributed by atoms with Crippen molar-refractivity contribution in [1.29, 1.82) is 0 Å². The van der Waals surface area contributed by atoms with Crippen molar-refractivity contribution in [3.05, 3.63) is 35.4 Å². The molecule has 1 aromatic rings. The fraction of sp³-hybridized carbons (Fsp3) is 0.467. The first-order valence-electron chi connectivity index (χ1n) is 5.94. The van der Waals surface area contributed by atoms with Gasteiger partial charge in [0.05, 0.1) is 6.54 Å². The molecule has 0 saturated carbocycles. The molecule has 1 aromatic carbocycles. The zero-order valence-corrected chi connectivity index (χ0v) is 10.1. The smallest absolute Gasteiger partial charge is 0.0601 e. The summed E-state index contributed by atoms with van der Waals surface area (Å²) in [6, 6.07) is 9.26. The van der Waals surface area contributed by atoms with E-state index in [0.29, 0.717) is 6.04 Å². The maximum atomic E-state index is 5.40. The second-order valence-electron chi connectivity index (χ2n) is 4.88. The van der Waals surface area contributed by atoms with Crippen molar-refractivity contribution < 1.29 is 0 Å². The van der Waals surface area contributed by atoms with Crippen LogP contribution in [0.3, 0.4) is 0 Å². The van der Waals surface area contributed by atoms with Gasteiger partial charge in [0.15, 0.2) is 0 Å². The summed E-state index contributed by atoms with van der Waals surface area (Å²) in [4.78, 5) is 2.29. The SMILES string of the molecule is C#CCN(C)C1CC(C)Cc2ccccc21. The van der Waals surface area contributed by atoms with Crippen molar-refractivity contribution >= 4 is 0 Å². The van der Waals surface area contributed by atoms with Crippen LogP contribution in [0.1, 0.15) is 30.5 Å². The highest BCUT2D eigenvalue weighted by atomic mass is 15.1. The number of fused-ring (bicyclic) bond motifs is 1. The summed E-state index contributed by atoms with van der Waals surface area (Å²) in [5, 5.41) is 0. The van der Waals surface area contributed by atoms with E-state index in [0.717, 1.165) is 12.5 Å². The van der Waals surface area contributed by atoms with Gasteiger partial charge in [-0.15, -0.1) is 6.42 Å². The lowest BCUT2D eigenvalue weighted by molar-refractivity contribution is 0.220. The molecule has 2 atom stereocenters. The summed E-state index contributed by atoms with van der Waals surface area (Å²) in [6.45, 7) is 3.05. The first kappa shape index (κ1) is 11.2. The van der Waals surface area contributed by atoms with Crippen molar-refractivity contribution in [1.82, 2.24) is 4.90 Å². The van der Waals surface area contributed by atoms with Gasteiger partial charge in [0.1, 0.15) is 0 Å². The predicted molar refractivity (Wildman–Crippen MR) is 68.1 cm³/mol. The minimum absolute atomic E-state index is 0.496. The van der Waals surface area contributed by atoms with Gasteiger partial charge < -0.3 is 0 Å². The van der Waals surface area contributed by atoms with Crippen molar-refractivity contribution in [3.63, 3.8) is 0 Å². The van der Waals surface area contributed by atoms with Gasteiger partial charge in [-0.2, -0.15) is 0 Å². The molecule has 1 aliphatic rings. The maximum Gasteiger partial charge on any atom is 0.0601 e. The largest absolute Gasteiger partial charge is 0.288 e. The Balaban J connectivity index is 2.30. The molecule has 16 heavy (non-hydrogen) atoms. The Hall–Kier alpha value is -1.26. The Kier molecular flexibility index (Phi) is 3.31.